The summed E-state index contributed by atoms with van der Waals surface area (Å²) >= 11 is 6.26. The molecule has 1 N–H and O–H groups in total. The molecule has 0 saturated heterocycles. The van der Waals surface area contributed by atoms with E-state index >= 15 is 0 Å². The van der Waals surface area contributed by atoms with Crippen LogP contribution in [0.5, 0.6) is 11.5 Å². The Hall–Kier alpha value is -0.930. The maximum Gasteiger partial charge on any atom is 0.180 e. The minimum absolute atomic E-state index is 0.0612. The fourth-order valence-corrected chi connectivity index (χ4v) is 3.03. The molecule has 0 aliphatic heterocycles. The van der Waals surface area contributed by atoms with E-state index < -0.39 is 0 Å². The lowest BCUT2D eigenvalue weighted by Crippen LogP contribution is -2.29. The fourth-order valence-electron chi connectivity index (χ4n) is 2.75. The highest BCUT2D eigenvalue weighted by molar-refractivity contribution is 6.32. The lowest BCUT2D eigenvalue weighted by molar-refractivity contribution is 0.0977. The molecule has 1 fully saturated rings. The molecule has 3 unspecified atom stereocenters. The van der Waals surface area contributed by atoms with Gasteiger partial charge in [0.05, 0.1) is 24.8 Å². The van der Waals surface area contributed by atoms with E-state index in [9.17, 15) is 5.11 Å². The molecule has 2 rings (SSSR count). The Morgan fingerprint density at radius 3 is 2.60 bits per heavy atom. The highest BCUT2D eigenvalue weighted by atomic mass is 35.5. The predicted octanol–water partition coefficient (Wildman–Crippen LogP) is 4.04. The van der Waals surface area contributed by atoms with Gasteiger partial charge in [-0.1, -0.05) is 25.4 Å². The first kappa shape index (κ1) is 15.5. The van der Waals surface area contributed by atoms with Gasteiger partial charge in [0, 0.05) is 0 Å². The number of methoxy groups -OCH3 is 1. The molecule has 4 heteroatoms. The Kier molecular flexibility index (Phi) is 5.17. The smallest absolute Gasteiger partial charge is 0.180 e. The van der Waals surface area contributed by atoms with Gasteiger partial charge in [-0.25, -0.2) is 0 Å². The van der Waals surface area contributed by atoms with Crippen molar-refractivity contribution in [2.75, 3.05) is 7.11 Å². The molecule has 20 heavy (non-hydrogen) atoms. The molecule has 1 saturated carbocycles. The SMILES string of the molecule is COc1cc(CO)cc(Cl)c1OC1CCC(C)C(C)C1. The van der Waals surface area contributed by atoms with Crippen LogP contribution in [0.3, 0.4) is 0 Å². The first-order valence-corrected chi connectivity index (χ1v) is 7.56. The van der Waals surface area contributed by atoms with E-state index in [0.29, 0.717) is 22.4 Å². The molecule has 112 valence electrons. The molecule has 0 aromatic heterocycles. The van der Waals surface area contributed by atoms with Crippen molar-refractivity contribution in [1.29, 1.82) is 0 Å². The van der Waals surface area contributed by atoms with E-state index in [1.54, 1.807) is 19.2 Å². The van der Waals surface area contributed by atoms with Crippen molar-refractivity contribution < 1.29 is 14.6 Å². The first-order valence-electron chi connectivity index (χ1n) is 7.19. The summed E-state index contributed by atoms with van der Waals surface area (Å²) in [6.07, 6.45) is 3.46. The number of hydrogen-bond acceptors (Lipinski definition) is 3. The Bertz CT molecular complexity index is 461. The van der Waals surface area contributed by atoms with Crippen molar-refractivity contribution in [3.63, 3.8) is 0 Å². The topological polar surface area (TPSA) is 38.7 Å². The summed E-state index contributed by atoms with van der Waals surface area (Å²) in [6, 6.07) is 3.50. The quantitative estimate of drug-likeness (QED) is 0.911. The summed E-state index contributed by atoms with van der Waals surface area (Å²) in [5.41, 5.74) is 0.727. The second-order valence-electron chi connectivity index (χ2n) is 5.77. The number of aliphatic hydroxyl groups is 1. The summed E-state index contributed by atoms with van der Waals surface area (Å²) in [4.78, 5) is 0. The lowest BCUT2D eigenvalue weighted by atomic mass is 9.80. The number of ether oxygens (including phenoxy) is 2. The van der Waals surface area contributed by atoms with Crippen LogP contribution in [0.25, 0.3) is 0 Å². The van der Waals surface area contributed by atoms with Crippen molar-refractivity contribution in [3.05, 3.63) is 22.7 Å². The second-order valence-corrected chi connectivity index (χ2v) is 6.18. The molecule has 3 atom stereocenters. The fraction of sp³-hybridized carbons (Fsp3) is 0.625. The van der Waals surface area contributed by atoms with E-state index in [1.807, 2.05) is 0 Å². The maximum atomic E-state index is 9.20. The molecule has 1 aromatic carbocycles. The third-order valence-corrected chi connectivity index (χ3v) is 4.59. The van der Waals surface area contributed by atoms with Gasteiger partial charge in [-0.3, -0.25) is 0 Å². The van der Waals surface area contributed by atoms with E-state index in [2.05, 4.69) is 13.8 Å². The van der Waals surface area contributed by atoms with E-state index in [1.165, 1.54) is 6.42 Å². The Labute approximate surface area is 125 Å². The molecule has 0 amide bonds. The van der Waals surface area contributed by atoms with Gasteiger partial charge >= 0.3 is 0 Å². The molecule has 0 spiro atoms. The van der Waals surface area contributed by atoms with Crippen molar-refractivity contribution in [2.45, 2.75) is 45.8 Å². The van der Waals surface area contributed by atoms with E-state index in [0.717, 1.165) is 24.3 Å². The van der Waals surface area contributed by atoms with Crippen LogP contribution in [0.15, 0.2) is 12.1 Å². The molecule has 0 heterocycles. The van der Waals surface area contributed by atoms with E-state index in [-0.39, 0.29) is 12.7 Å². The number of aliphatic hydroxyl groups excluding tert-OH is 1. The summed E-state index contributed by atoms with van der Waals surface area (Å²) in [5, 5.41) is 9.70. The van der Waals surface area contributed by atoms with Gasteiger partial charge in [0.1, 0.15) is 0 Å². The van der Waals surface area contributed by atoms with Gasteiger partial charge in [-0.05, 0) is 48.8 Å². The standard InChI is InChI=1S/C16H23ClO3/c1-10-4-5-13(6-11(10)2)20-16-14(17)7-12(9-18)8-15(16)19-3/h7-8,10-11,13,18H,4-6,9H2,1-3H3. The molecular weight excluding hydrogens is 276 g/mol. The number of halogens is 1. The molecule has 3 nitrogen and oxygen atoms in total. The van der Waals surface area contributed by atoms with Crippen molar-refractivity contribution in [2.24, 2.45) is 11.8 Å². The van der Waals surface area contributed by atoms with Crippen LogP contribution in [0.4, 0.5) is 0 Å². The third-order valence-electron chi connectivity index (χ3n) is 4.31. The van der Waals surface area contributed by atoms with Gasteiger partial charge in [-0.2, -0.15) is 0 Å². The maximum absolute atomic E-state index is 9.20. The van der Waals surface area contributed by atoms with Crippen LogP contribution in [0.1, 0.15) is 38.7 Å². The van der Waals surface area contributed by atoms with Gasteiger partial charge in [0.2, 0.25) is 0 Å². The Balaban J connectivity index is 2.16. The normalized spacial score (nSPS) is 26.4. The Morgan fingerprint density at radius 2 is 2.00 bits per heavy atom. The average Bonchev–Trinajstić information content (AvgIpc) is 2.44. The number of benzene rings is 1. The summed E-state index contributed by atoms with van der Waals surface area (Å²) in [7, 11) is 1.59. The molecule has 1 aliphatic rings. The predicted molar refractivity (Wildman–Crippen MR) is 80.5 cm³/mol. The highest BCUT2D eigenvalue weighted by Crippen LogP contribution is 2.40. The van der Waals surface area contributed by atoms with Gasteiger partial charge in [0.25, 0.3) is 0 Å². The van der Waals surface area contributed by atoms with Crippen LogP contribution in [0, 0.1) is 11.8 Å². The zero-order valence-electron chi connectivity index (χ0n) is 12.4. The van der Waals surface area contributed by atoms with Crippen LogP contribution in [0.2, 0.25) is 5.02 Å². The minimum Gasteiger partial charge on any atom is -0.493 e. The summed E-state index contributed by atoms with van der Waals surface area (Å²) < 4.78 is 11.4. The Morgan fingerprint density at radius 1 is 1.25 bits per heavy atom. The molecular formula is C16H23ClO3. The summed E-state index contributed by atoms with van der Waals surface area (Å²) in [5.74, 6) is 2.60. The molecule has 0 bridgehead atoms. The second kappa shape index (κ2) is 6.68. The van der Waals surface area contributed by atoms with Gasteiger partial charge in [-0.15, -0.1) is 0 Å². The van der Waals surface area contributed by atoms with Crippen LogP contribution < -0.4 is 9.47 Å². The molecule has 0 radical (unpaired) electrons. The monoisotopic (exact) mass is 298 g/mol. The van der Waals surface area contributed by atoms with Crippen LogP contribution >= 0.6 is 11.6 Å². The molecule has 1 aliphatic carbocycles. The van der Waals surface area contributed by atoms with Gasteiger partial charge < -0.3 is 14.6 Å². The average molecular weight is 299 g/mol. The van der Waals surface area contributed by atoms with Crippen molar-refractivity contribution in [1.82, 2.24) is 0 Å². The third kappa shape index (κ3) is 3.39. The highest BCUT2D eigenvalue weighted by Gasteiger charge is 2.27. The van der Waals surface area contributed by atoms with Crippen LogP contribution in [-0.4, -0.2) is 18.3 Å². The zero-order valence-corrected chi connectivity index (χ0v) is 13.1. The largest absolute Gasteiger partial charge is 0.493 e. The summed E-state index contributed by atoms with van der Waals surface area (Å²) in [6.45, 7) is 4.51. The van der Waals surface area contributed by atoms with E-state index in [4.69, 9.17) is 21.1 Å². The lowest BCUT2D eigenvalue weighted by Gasteiger charge is -2.32. The van der Waals surface area contributed by atoms with Crippen LogP contribution in [-0.2, 0) is 6.61 Å². The minimum atomic E-state index is -0.0612. The first-order chi connectivity index (χ1) is 9.55. The molecule has 1 aromatic rings. The van der Waals surface area contributed by atoms with Gasteiger partial charge in [0.15, 0.2) is 11.5 Å². The van der Waals surface area contributed by atoms with Crippen molar-refractivity contribution in [3.8, 4) is 11.5 Å². The number of rotatable bonds is 4. The zero-order chi connectivity index (χ0) is 14.7. The number of hydrogen-bond donors (Lipinski definition) is 1. The van der Waals surface area contributed by atoms with Crippen molar-refractivity contribution >= 4 is 11.6 Å².